The van der Waals surface area contributed by atoms with E-state index in [1.54, 1.807) is 0 Å². The molecule has 1 heterocycles. The van der Waals surface area contributed by atoms with E-state index in [2.05, 4.69) is 10.2 Å². The standard InChI is InChI=1S/C20H32N2O2/c23-19(12-14-3-1-2-4-14)21-17-8-6-16(7-9-17)20(24)22-13-15-5-10-18(22)11-15/h14-18H,1-13H2,(H,21,23)/t15-,16?,17?,18+/m0/s1. The zero-order chi connectivity index (χ0) is 16.5. The van der Waals surface area contributed by atoms with Crippen LogP contribution in [0.25, 0.3) is 0 Å². The van der Waals surface area contributed by atoms with Gasteiger partial charge in [0.1, 0.15) is 0 Å². The summed E-state index contributed by atoms with van der Waals surface area (Å²) in [7, 11) is 0. The molecule has 4 rings (SSSR count). The Labute approximate surface area is 145 Å². The third-order valence-electron chi connectivity index (χ3n) is 7.08. The highest BCUT2D eigenvalue weighted by atomic mass is 16.2. The second-order valence-corrected chi connectivity index (χ2v) is 8.79. The summed E-state index contributed by atoms with van der Waals surface area (Å²) in [5.41, 5.74) is 0. The lowest BCUT2D eigenvalue weighted by atomic mass is 9.84. The minimum atomic E-state index is 0.215. The van der Waals surface area contributed by atoms with Crippen LogP contribution in [0.5, 0.6) is 0 Å². The van der Waals surface area contributed by atoms with Crippen molar-refractivity contribution in [3.63, 3.8) is 0 Å². The molecule has 0 spiro atoms. The zero-order valence-electron chi connectivity index (χ0n) is 14.8. The molecule has 4 nitrogen and oxygen atoms in total. The Morgan fingerprint density at radius 3 is 2.29 bits per heavy atom. The maximum atomic E-state index is 12.8. The fourth-order valence-corrected chi connectivity index (χ4v) is 5.68. The number of nitrogens with one attached hydrogen (secondary N) is 1. The molecule has 4 fully saturated rings. The molecule has 0 aromatic carbocycles. The number of hydrogen-bond acceptors (Lipinski definition) is 2. The summed E-state index contributed by atoms with van der Waals surface area (Å²) >= 11 is 0. The molecule has 2 amide bonds. The molecule has 0 unspecified atom stereocenters. The average Bonchev–Trinajstić information content (AvgIpc) is 3.32. The van der Waals surface area contributed by atoms with E-state index in [-0.39, 0.29) is 11.8 Å². The van der Waals surface area contributed by atoms with E-state index in [0.29, 0.717) is 23.9 Å². The Morgan fingerprint density at radius 1 is 0.917 bits per heavy atom. The smallest absolute Gasteiger partial charge is 0.225 e. The first-order valence-corrected chi connectivity index (χ1v) is 10.3. The number of amides is 2. The molecule has 3 saturated carbocycles. The lowest BCUT2D eigenvalue weighted by Gasteiger charge is -2.34. The van der Waals surface area contributed by atoms with Gasteiger partial charge in [0.15, 0.2) is 0 Å². The highest BCUT2D eigenvalue weighted by Crippen LogP contribution is 2.39. The second kappa shape index (κ2) is 7.05. The molecule has 0 aromatic rings. The van der Waals surface area contributed by atoms with Gasteiger partial charge >= 0.3 is 0 Å². The van der Waals surface area contributed by atoms with Crippen LogP contribution in [0.15, 0.2) is 0 Å². The number of likely N-dealkylation sites (tertiary alicyclic amines) is 1. The molecule has 4 aliphatic rings. The number of nitrogens with zero attached hydrogens (tertiary/aromatic N) is 1. The highest BCUT2D eigenvalue weighted by molar-refractivity contribution is 5.80. The van der Waals surface area contributed by atoms with Crippen molar-refractivity contribution in [3.8, 4) is 0 Å². The number of fused-ring (bicyclic) bond motifs is 2. The third kappa shape index (κ3) is 3.48. The fraction of sp³-hybridized carbons (Fsp3) is 0.900. The van der Waals surface area contributed by atoms with E-state index >= 15 is 0 Å². The van der Waals surface area contributed by atoms with Crippen molar-refractivity contribution < 1.29 is 9.59 Å². The van der Waals surface area contributed by atoms with Gasteiger partial charge in [-0.25, -0.2) is 0 Å². The Bertz CT molecular complexity index is 478. The molecule has 134 valence electrons. The summed E-state index contributed by atoms with van der Waals surface area (Å²) < 4.78 is 0. The topological polar surface area (TPSA) is 49.4 Å². The molecular weight excluding hydrogens is 300 g/mol. The van der Waals surface area contributed by atoms with Gasteiger partial charge in [-0.3, -0.25) is 9.59 Å². The van der Waals surface area contributed by atoms with Gasteiger partial charge in [-0.05, 0) is 69.6 Å². The van der Waals surface area contributed by atoms with Gasteiger partial charge in [0.05, 0.1) is 0 Å². The molecule has 1 aliphatic heterocycles. The monoisotopic (exact) mass is 332 g/mol. The molecule has 24 heavy (non-hydrogen) atoms. The van der Waals surface area contributed by atoms with E-state index in [1.807, 2.05) is 0 Å². The van der Waals surface area contributed by atoms with E-state index in [1.165, 1.54) is 44.9 Å². The van der Waals surface area contributed by atoms with Crippen LogP contribution in [-0.4, -0.2) is 35.3 Å². The first-order valence-electron chi connectivity index (χ1n) is 10.3. The molecule has 0 aromatic heterocycles. The van der Waals surface area contributed by atoms with Crippen molar-refractivity contribution >= 4 is 11.8 Å². The van der Waals surface area contributed by atoms with Crippen molar-refractivity contribution in [1.82, 2.24) is 10.2 Å². The van der Waals surface area contributed by atoms with E-state index < -0.39 is 0 Å². The minimum absolute atomic E-state index is 0.215. The third-order valence-corrected chi connectivity index (χ3v) is 7.08. The lowest BCUT2D eigenvalue weighted by molar-refractivity contribution is -0.138. The number of carbonyl (C=O) groups excluding carboxylic acids is 2. The van der Waals surface area contributed by atoms with Crippen LogP contribution in [-0.2, 0) is 9.59 Å². The lowest BCUT2D eigenvalue weighted by Crippen LogP contribution is -2.44. The van der Waals surface area contributed by atoms with Crippen LogP contribution in [0.2, 0.25) is 0 Å². The van der Waals surface area contributed by atoms with Gasteiger partial charge in [-0.1, -0.05) is 12.8 Å². The van der Waals surface area contributed by atoms with Crippen LogP contribution >= 0.6 is 0 Å². The van der Waals surface area contributed by atoms with Crippen LogP contribution in [0.4, 0.5) is 0 Å². The Morgan fingerprint density at radius 2 is 1.67 bits per heavy atom. The summed E-state index contributed by atoms with van der Waals surface area (Å²) in [4.78, 5) is 27.2. The van der Waals surface area contributed by atoms with E-state index in [4.69, 9.17) is 0 Å². The minimum Gasteiger partial charge on any atom is -0.353 e. The number of piperidine rings is 1. The summed E-state index contributed by atoms with van der Waals surface area (Å²) in [5, 5.41) is 3.24. The summed E-state index contributed by atoms with van der Waals surface area (Å²) in [6.07, 6.45) is 13.4. The van der Waals surface area contributed by atoms with Crippen molar-refractivity contribution in [2.75, 3.05) is 6.54 Å². The van der Waals surface area contributed by atoms with Gasteiger partial charge < -0.3 is 10.2 Å². The molecule has 0 radical (unpaired) electrons. The summed E-state index contributed by atoms with van der Waals surface area (Å²) in [6, 6.07) is 0.851. The highest BCUT2D eigenvalue weighted by Gasteiger charge is 2.42. The predicted octanol–water partition coefficient (Wildman–Crippen LogP) is 3.25. The van der Waals surface area contributed by atoms with E-state index in [0.717, 1.165) is 44.6 Å². The molecule has 2 bridgehead atoms. The first-order chi connectivity index (χ1) is 11.7. The fourth-order valence-electron chi connectivity index (χ4n) is 5.68. The normalized spacial score (nSPS) is 36.2. The summed E-state index contributed by atoms with van der Waals surface area (Å²) in [5.74, 6) is 2.28. The van der Waals surface area contributed by atoms with Gasteiger partial charge in [0.25, 0.3) is 0 Å². The number of rotatable bonds is 4. The number of hydrogen-bond donors (Lipinski definition) is 1. The van der Waals surface area contributed by atoms with E-state index in [9.17, 15) is 9.59 Å². The van der Waals surface area contributed by atoms with Gasteiger partial charge in [-0.2, -0.15) is 0 Å². The van der Waals surface area contributed by atoms with Crippen LogP contribution in [0, 0.1) is 17.8 Å². The quantitative estimate of drug-likeness (QED) is 0.859. The number of carbonyl (C=O) groups is 2. The van der Waals surface area contributed by atoms with Crippen LogP contribution < -0.4 is 5.32 Å². The van der Waals surface area contributed by atoms with Crippen molar-refractivity contribution in [2.45, 2.75) is 89.1 Å². The predicted molar refractivity (Wildman–Crippen MR) is 93.3 cm³/mol. The molecule has 4 heteroatoms. The maximum Gasteiger partial charge on any atom is 0.225 e. The van der Waals surface area contributed by atoms with Crippen LogP contribution in [0.3, 0.4) is 0 Å². The van der Waals surface area contributed by atoms with Gasteiger partial charge in [0.2, 0.25) is 11.8 Å². The zero-order valence-corrected chi connectivity index (χ0v) is 14.8. The van der Waals surface area contributed by atoms with Gasteiger partial charge in [-0.15, -0.1) is 0 Å². The molecule has 1 saturated heterocycles. The first kappa shape index (κ1) is 16.4. The summed E-state index contributed by atoms with van der Waals surface area (Å²) in [6.45, 7) is 1.02. The van der Waals surface area contributed by atoms with Crippen molar-refractivity contribution in [2.24, 2.45) is 17.8 Å². The van der Waals surface area contributed by atoms with Crippen LogP contribution in [0.1, 0.15) is 77.0 Å². The Hall–Kier alpha value is -1.06. The average molecular weight is 332 g/mol. The Kier molecular flexibility index (Phi) is 4.82. The Balaban J connectivity index is 1.20. The van der Waals surface area contributed by atoms with Crippen molar-refractivity contribution in [1.29, 1.82) is 0 Å². The molecular formula is C20H32N2O2. The largest absolute Gasteiger partial charge is 0.353 e. The second-order valence-electron chi connectivity index (χ2n) is 8.79. The SMILES string of the molecule is O=C(CC1CCCC1)NC1CCC(C(=O)N2C[C@H]3CC[C@@H]2C3)CC1. The van der Waals surface area contributed by atoms with Gasteiger partial charge in [0, 0.05) is 31.0 Å². The maximum absolute atomic E-state index is 12.8. The molecule has 1 N–H and O–H groups in total. The molecule has 2 atom stereocenters. The van der Waals surface area contributed by atoms with Crippen molar-refractivity contribution in [3.05, 3.63) is 0 Å². The molecule has 3 aliphatic carbocycles.